The van der Waals surface area contributed by atoms with Gasteiger partial charge in [-0.3, -0.25) is 5.43 Å². The number of pyridine rings is 1. The second-order valence-corrected chi connectivity index (χ2v) is 9.59. The summed E-state index contributed by atoms with van der Waals surface area (Å²) in [4.78, 5) is 17.9. The monoisotopic (exact) mass is 528 g/mol. The van der Waals surface area contributed by atoms with E-state index < -0.39 is 11.7 Å². The lowest BCUT2D eigenvalue weighted by atomic mass is 10.1. The zero-order valence-corrected chi connectivity index (χ0v) is 20.7. The minimum absolute atomic E-state index is 0.0213. The van der Waals surface area contributed by atoms with Gasteiger partial charge in [0.2, 0.25) is 11.8 Å². The highest BCUT2D eigenvalue weighted by Gasteiger charge is 2.36. The lowest BCUT2D eigenvalue weighted by Gasteiger charge is -2.27. The van der Waals surface area contributed by atoms with Gasteiger partial charge in [-0.15, -0.1) is 11.3 Å². The van der Waals surface area contributed by atoms with Gasteiger partial charge in [-0.05, 0) is 25.1 Å². The molecule has 37 heavy (non-hydrogen) atoms. The van der Waals surface area contributed by atoms with E-state index in [4.69, 9.17) is 4.74 Å². The SMILES string of the molecule is CCOc1nc(N2CCNCC2)nc2c1sc1nc(-c3ccc(N4C=NNC4)cc3)cc(C(F)(F)F)c12. The van der Waals surface area contributed by atoms with Crippen LogP contribution in [0.3, 0.4) is 0 Å². The number of piperazine rings is 1. The second kappa shape index (κ2) is 9.30. The van der Waals surface area contributed by atoms with Crippen LogP contribution in [-0.4, -0.2) is 60.7 Å². The molecule has 6 rings (SSSR count). The first kappa shape index (κ1) is 23.7. The number of fused-ring (bicyclic) bond motifs is 3. The minimum Gasteiger partial charge on any atom is -0.477 e. The van der Waals surface area contributed by atoms with E-state index in [9.17, 15) is 13.2 Å². The van der Waals surface area contributed by atoms with Crippen LogP contribution in [0.2, 0.25) is 0 Å². The Hall–Kier alpha value is -3.71. The lowest BCUT2D eigenvalue weighted by molar-refractivity contribution is -0.136. The molecule has 1 fully saturated rings. The van der Waals surface area contributed by atoms with Crippen LogP contribution in [0.4, 0.5) is 24.8 Å². The van der Waals surface area contributed by atoms with Gasteiger partial charge in [0.1, 0.15) is 28.1 Å². The van der Waals surface area contributed by atoms with Gasteiger partial charge in [-0.1, -0.05) is 12.1 Å². The number of anilines is 2. The van der Waals surface area contributed by atoms with Crippen LogP contribution >= 0.6 is 11.3 Å². The number of hydrogen-bond donors (Lipinski definition) is 2. The van der Waals surface area contributed by atoms with Crippen molar-refractivity contribution in [3.63, 3.8) is 0 Å². The van der Waals surface area contributed by atoms with Crippen LogP contribution < -0.4 is 25.3 Å². The number of ether oxygens (including phenoxy) is 1. The van der Waals surface area contributed by atoms with E-state index in [1.54, 1.807) is 18.5 Å². The molecule has 1 aromatic carbocycles. The smallest absolute Gasteiger partial charge is 0.417 e. The molecule has 0 bridgehead atoms. The van der Waals surface area contributed by atoms with Crippen molar-refractivity contribution >= 4 is 49.7 Å². The Bertz CT molecular complexity index is 1480. The first-order chi connectivity index (χ1) is 17.9. The molecule has 1 saturated heterocycles. The fourth-order valence-electron chi connectivity index (χ4n) is 4.46. The minimum atomic E-state index is -4.60. The molecule has 13 heteroatoms. The number of aromatic nitrogens is 3. The van der Waals surface area contributed by atoms with Crippen molar-refractivity contribution in [2.45, 2.75) is 13.1 Å². The third kappa shape index (κ3) is 4.37. The predicted molar refractivity (Wildman–Crippen MR) is 138 cm³/mol. The first-order valence-electron chi connectivity index (χ1n) is 11.9. The van der Waals surface area contributed by atoms with Gasteiger partial charge >= 0.3 is 6.18 Å². The van der Waals surface area contributed by atoms with Crippen molar-refractivity contribution in [1.29, 1.82) is 0 Å². The van der Waals surface area contributed by atoms with Crippen LogP contribution in [0.1, 0.15) is 12.5 Å². The number of benzene rings is 1. The Balaban J connectivity index is 1.52. The number of thiophene rings is 1. The largest absolute Gasteiger partial charge is 0.477 e. The zero-order chi connectivity index (χ0) is 25.6. The van der Waals surface area contributed by atoms with Crippen LogP contribution in [0.25, 0.3) is 31.7 Å². The molecule has 0 saturated carbocycles. The van der Waals surface area contributed by atoms with Crippen LogP contribution in [-0.2, 0) is 6.18 Å². The predicted octanol–water partition coefficient (Wildman–Crippen LogP) is 4.04. The fraction of sp³-hybridized carbons (Fsp3) is 0.333. The lowest BCUT2D eigenvalue weighted by Crippen LogP contribution is -2.44. The number of nitrogens with one attached hydrogen (secondary N) is 2. The molecule has 2 N–H and O–H groups in total. The summed E-state index contributed by atoms with van der Waals surface area (Å²) in [5.41, 5.74) is 3.97. The molecule has 0 unspecified atom stereocenters. The maximum Gasteiger partial charge on any atom is 0.417 e. The highest BCUT2D eigenvalue weighted by atomic mass is 32.1. The topological polar surface area (TPSA) is 90.8 Å². The van der Waals surface area contributed by atoms with E-state index in [0.29, 0.717) is 42.6 Å². The molecule has 0 amide bonds. The highest BCUT2D eigenvalue weighted by Crippen LogP contribution is 2.45. The molecule has 9 nitrogen and oxygen atoms in total. The fourth-order valence-corrected chi connectivity index (χ4v) is 5.55. The summed E-state index contributed by atoms with van der Waals surface area (Å²) >= 11 is 1.12. The van der Waals surface area contributed by atoms with Crippen LogP contribution in [0.15, 0.2) is 35.4 Å². The van der Waals surface area contributed by atoms with Crippen LogP contribution in [0.5, 0.6) is 5.88 Å². The van der Waals surface area contributed by atoms with Gasteiger partial charge in [-0.25, -0.2) is 9.97 Å². The van der Waals surface area contributed by atoms with Gasteiger partial charge in [0.15, 0.2) is 0 Å². The summed E-state index contributed by atoms with van der Waals surface area (Å²) in [7, 11) is 0. The number of halogens is 3. The van der Waals surface area contributed by atoms with E-state index in [-0.39, 0.29) is 27.3 Å². The van der Waals surface area contributed by atoms with Crippen molar-refractivity contribution in [3.8, 4) is 17.1 Å². The maximum atomic E-state index is 14.4. The number of hydrazone groups is 1. The van der Waals surface area contributed by atoms with Crippen molar-refractivity contribution in [2.75, 3.05) is 49.3 Å². The summed E-state index contributed by atoms with van der Waals surface area (Å²) in [6.45, 7) is 5.48. The molecule has 2 aliphatic heterocycles. The van der Waals surface area contributed by atoms with E-state index in [0.717, 1.165) is 36.2 Å². The van der Waals surface area contributed by atoms with E-state index in [2.05, 4.69) is 30.8 Å². The van der Waals surface area contributed by atoms with Gasteiger partial charge < -0.3 is 19.9 Å². The molecule has 4 aromatic rings. The first-order valence-corrected chi connectivity index (χ1v) is 12.7. The van der Waals surface area contributed by atoms with Crippen molar-refractivity contribution in [1.82, 2.24) is 25.7 Å². The third-order valence-corrected chi connectivity index (χ3v) is 7.32. The molecule has 0 atom stereocenters. The van der Waals surface area contributed by atoms with Gasteiger partial charge in [0.25, 0.3) is 0 Å². The molecule has 2 aliphatic rings. The summed E-state index contributed by atoms with van der Waals surface area (Å²) in [5.74, 6) is 0.647. The molecule has 3 aromatic heterocycles. The van der Waals surface area contributed by atoms with E-state index >= 15 is 0 Å². The molecule has 192 valence electrons. The Morgan fingerprint density at radius 3 is 2.54 bits per heavy atom. The maximum absolute atomic E-state index is 14.4. The second-order valence-electron chi connectivity index (χ2n) is 8.59. The zero-order valence-electron chi connectivity index (χ0n) is 19.8. The number of rotatable bonds is 5. The van der Waals surface area contributed by atoms with Gasteiger partial charge in [0.05, 0.1) is 23.3 Å². The molecule has 0 aliphatic carbocycles. The Kier molecular flexibility index (Phi) is 5.95. The van der Waals surface area contributed by atoms with Crippen LogP contribution in [0, 0.1) is 0 Å². The Labute approximate surface area is 214 Å². The van der Waals surface area contributed by atoms with E-state index in [1.165, 1.54) is 0 Å². The molecular weight excluding hydrogens is 505 g/mol. The molecule has 0 radical (unpaired) electrons. The Morgan fingerprint density at radius 1 is 1.08 bits per heavy atom. The molecule has 0 spiro atoms. The van der Waals surface area contributed by atoms with Gasteiger partial charge in [0, 0.05) is 37.4 Å². The average Bonchev–Trinajstić information content (AvgIpc) is 3.57. The third-order valence-electron chi connectivity index (χ3n) is 6.25. The molecule has 5 heterocycles. The summed E-state index contributed by atoms with van der Waals surface area (Å²) in [5, 5.41) is 7.20. The standard InChI is InChI=1S/C24H23F3N8OS/c1-2-36-21-20-19(32-23(33-21)34-9-7-28-8-10-34)18-16(24(25,26)27)11-17(31-22(18)37-20)14-3-5-15(6-4-14)35-12-29-30-13-35/h3-6,11-12,28,30H,2,7-10,13H2,1H3. The number of hydrogen-bond acceptors (Lipinski definition) is 10. The Morgan fingerprint density at radius 2 is 1.86 bits per heavy atom. The van der Waals surface area contributed by atoms with Crippen molar-refractivity contribution < 1.29 is 17.9 Å². The van der Waals surface area contributed by atoms with E-state index in [1.807, 2.05) is 28.9 Å². The highest BCUT2D eigenvalue weighted by molar-refractivity contribution is 7.25. The quantitative estimate of drug-likeness (QED) is 0.401. The van der Waals surface area contributed by atoms with Crippen molar-refractivity contribution in [3.05, 3.63) is 35.9 Å². The summed E-state index contributed by atoms with van der Waals surface area (Å²) in [6.07, 6.45) is -2.95. The van der Waals surface area contributed by atoms with Gasteiger partial charge in [-0.2, -0.15) is 23.3 Å². The number of alkyl halides is 3. The average molecular weight is 529 g/mol. The molecular formula is C24H23F3N8OS. The van der Waals surface area contributed by atoms with Crippen molar-refractivity contribution in [2.24, 2.45) is 5.10 Å². The normalized spacial score (nSPS) is 16.1. The number of nitrogens with zero attached hydrogens (tertiary/aromatic N) is 6. The summed E-state index contributed by atoms with van der Waals surface area (Å²) < 4.78 is 49.6. The summed E-state index contributed by atoms with van der Waals surface area (Å²) in [6, 6.07) is 8.29.